The number of hydrogen-bond acceptors (Lipinski definition) is 5. The molecule has 23 heavy (non-hydrogen) atoms. The molecular formula is C16H20N4O2S. The van der Waals surface area contributed by atoms with Gasteiger partial charge in [-0.3, -0.25) is 9.89 Å². The number of carbonyl (C=O) groups excluding carboxylic acids is 1. The van der Waals surface area contributed by atoms with Crippen LogP contribution in [0, 0.1) is 6.92 Å². The zero-order valence-electron chi connectivity index (χ0n) is 13.2. The molecule has 1 aliphatic rings. The minimum absolute atomic E-state index is 0.00736. The van der Waals surface area contributed by atoms with Crippen molar-refractivity contribution in [1.29, 1.82) is 0 Å². The molecule has 2 heterocycles. The highest BCUT2D eigenvalue weighted by molar-refractivity contribution is 8.00. The molecule has 1 amide bonds. The van der Waals surface area contributed by atoms with E-state index in [0.29, 0.717) is 5.16 Å². The first-order chi connectivity index (χ1) is 11.1. The Morgan fingerprint density at radius 3 is 3.04 bits per heavy atom. The number of benzene rings is 1. The van der Waals surface area contributed by atoms with Crippen molar-refractivity contribution in [3.8, 4) is 0 Å². The van der Waals surface area contributed by atoms with E-state index in [2.05, 4.69) is 20.5 Å². The second-order valence-corrected chi connectivity index (χ2v) is 6.88. The van der Waals surface area contributed by atoms with Crippen LogP contribution in [0.4, 0.5) is 5.69 Å². The Bertz CT molecular complexity index is 682. The molecule has 1 saturated heterocycles. The third-order valence-corrected chi connectivity index (χ3v) is 4.73. The van der Waals surface area contributed by atoms with E-state index < -0.39 is 0 Å². The van der Waals surface area contributed by atoms with Crippen LogP contribution in [0.15, 0.2) is 29.4 Å². The summed E-state index contributed by atoms with van der Waals surface area (Å²) in [6.45, 7) is 4.58. The van der Waals surface area contributed by atoms with E-state index in [1.54, 1.807) is 0 Å². The molecule has 1 aromatic carbocycles. The van der Waals surface area contributed by atoms with Gasteiger partial charge in [-0.25, -0.2) is 4.98 Å². The molecule has 0 radical (unpaired) electrons. The number of hydrogen-bond donors (Lipinski definition) is 2. The van der Waals surface area contributed by atoms with Gasteiger partial charge in [-0.1, -0.05) is 30.0 Å². The van der Waals surface area contributed by atoms with Crippen molar-refractivity contribution in [2.24, 2.45) is 0 Å². The second kappa shape index (κ2) is 7.14. The van der Waals surface area contributed by atoms with Crippen LogP contribution in [0.1, 0.15) is 37.3 Å². The number of aryl methyl sites for hydroxylation is 1. The summed E-state index contributed by atoms with van der Waals surface area (Å²) < 4.78 is 5.57. The topological polar surface area (TPSA) is 79.9 Å². The molecule has 1 fully saturated rings. The molecule has 0 spiro atoms. The second-order valence-electron chi connectivity index (χ2n) is 5.57. The van der Waals surface area contributed by atoms with E-state index >= 15 is 0 Å². The number of anilines is 1. The Hall–Kier alpha value is -1.86. The van der Waals surface area contributed by atoms with Crippen LogP contribution in [-0.2, 0) is 9.53 Å². The predicted molar refractivity (Wildman–Crippen MR) is 89.4 cm³/mol. The Kier molecular flexibility index (Phi) is 4.97. The number of amides is 1. The Balaban J connectivity index is 1.59. The fourth-order valence-electron chi connectivity index (χ4n) is 2.41. The van der Waals surface area contributed by atoms with E-state index in [0.717, 1.165) is 36.5 Å². The van der Waals surface area contributed by atoms with Gasteiger partial charge in [0.15, 0.2) is 5.82 Å². The largest absolute Gasteiger partial charge is 0.370 e. The van der Waals surface area contributed by atoms with Crippen LogP contribution in [-0.4, -0.2) is 32.9 Å². The minimum atomic E-state index is -0.289. The van der Waals surface area contributed by atoms with Crippen LogP contribution in [0.2, 0.25) is 0 Å². The average molecular weight is 332 g/mol. The lowest BCUT2D eigenvalue weighted by atomic mass is 10.2. The maximum atomic E-state index is 12.3. The average Bonchev–Trinajstić information content (AvgIpc) is 3.20. The summed E-state index contributed by atoms with van der Waals surface area (Å²) in [5.74, 6) is 0.685. The summed E-state index contributed by atoms with van der Waals surface area (Å²) in [6, 6.07) is 7.72. The number of rotatable bonds is 5. The molecule has 2 unspecified atom stereocenters. The zero-order chi connectivity index (χ0) is 16.2. The van der Waals surface area contributed by atoms with Gasteiger partial charge in [0, 0.05) is 12.3 Å². The molecule has 7 heteroatoms. The molecule has 2 N–H and O–H groups in total. The maximum Gasteiger partial charge on any atom is 0.237 e. The lowest BCUT2D eigenvalue weighted by molar-refractivity contribution is -0.115. The summed E-state index contributed by atoms with van der Waals surface area (Å²) in [4.78, 5) is 16.7. The number of carbonyl (C=O) groups is 1. The van der Waals surface area contributed by atoms with Crippen molar-refractivity contribution < 1.29 is 9.53 Å². The molecule has 1 aliphatic heterocycles. The zero-order valence-corrected chi connectivity index (χ0v) is 14.0. The number of H-pyrrole nitrogens is 1. The first-order valence-corrected chi connectivity index (χ1v) is 8.58. The standard InChI is InChI=1S/C16H20N4O2S/c1-10-6-3-4-7-12(10)17-15(21)11(2)23-16-18-14(19-20-16)13-8-5-9-22-13/h3-4,6-7,11,13H,5,8-9H2,1-2H3,(H,17,21)(H,18,19,20). The first-order valence-electron chi connectivity index (χ1n) is 7.70. The van der Waals surface area contributed by atoms with Crippen molar-refractivity contribution >= 4 is 23.4 Å². The molecule has 122 valence electrons. The summed E-state index contributed by atoms with van der Waals surface area (Å²) in [7, 11) is 0. The third-order valence-electron chi connectivity index (χ3n) is 3.77. The molecule has 1 aromatic heterocycles. The maximum absolute atomic E-state index is 12.3. The van der Waals surface area contributed by atoms with Gasteiger partial charge in [-0.05, 0) is 38.3 Å². The molecular weight excluding hydrogens is 312 g/mol. The SMILES string of the molecule is Cc1ccccc1NC(=O)C(C)Sc1n[nH]c(C2CCCO2)n1. The molecule has 0 saturated carbocycles. The van der Waals surface area contributed by atoms with Gasteiger partial charge in [-0.2, -0.15) is 0 Å². The predicted octanol–water partition coefficient (Wildman–Crippen LogP) is 3.08. The van der Waals surface area contributed by atoms with Gasteiger partial charge >= 0.3 is 0 Å². The van der Waals surface area contributed by atoms with Crippen LogP contribution in [0.3, 0.4) is 0 Å². The van der Waals surface area contributed by atoms with Crippen LogP contribution in [0.5, 0.6) is 0 Å². The van der Waals surface area contributed by atoms with E-state index in [9.17, 15) is 4.79 Å². The van der Waals surface area contributed by atoms with Crippen molar-refractivity contribution in [3.05, 3.63) is 35.7 Å². The number of aromatic amines is 1. The Morgan fingerprint density at radius 2 is 2.30 bits per heavy atom. The summed E-state index contributed by atoms with van der Waals surface area (Å²) >= 11 is 1.34. The van der Waals surface area contributed by atoms with Gasteiger partial charge in [0.25, 0.3) is 0 Å². The fourth-order valence-corrected chi connectivity index (χ4v) is 3.14. The van der Waals surface area contributed by atoms with Crippen molar-refractivity contribution in [1.82, 2.24) is 15.2 Å². The smallest absolute Gasteiger partial charge is 0.237 e. The van der Waals surface area contributed by atoms with E-state index in [1.807, 2.05) is 38.1 Å². The number of nitrogens with one attached hydrogen (secondary N) is 2. The Morgan fingerprint density at radius 1 is 1.48 bits per heavy atom. The van der Waals surface area contributed by atoms with E-state index in [-0.39, 0.29) is 17.3 Å². The van der Waals surface area contributed by atoms with Gasteiger partial charge in [0.1, 0.15) is 6.10 Å². The molecule has 2 aromatic rings. The summed E-state index contributed by atoms with van der Waals surface area (Å²) in [5.41, 5.74) is 1.87. The molecule has 2 atom stereocenters. The van der Waals surface area contributed by atoms with E-state index in [4.69, 9.17) is 4.74 Å². The number of aromatic nitrogens is 3. The highest BCUT2D eigenvalue weighted by atomic mass is 32.2. The monoisotopic (exact) mass is 332 g/mol. The van der Waals surface area contributed by atoms with Gasteiger partial charge < -0.3 is 10.1 Å². The minimum Gasteiger partial charge on any atom is -0.370 e. The number of nitrogens with zero attached hydrogens (tertiary/aromatic N) is 2. The van der Waals surface area contributed by atoms with Crippen LogP contribution in [0.25, 0.3) is 0 Å². The van der Waals surface area contributed by atoms with Crippen LogP contribution < -0.4 is 5.32 Å². The number of para-hydroxylation sites is 1. The first kappa shape index (κ1) is 16.0. The molecule has 0 aliphatic carbocycles. The van der Waals surface area contributed by atoms with Crippen LogP contribution >= 0.6 is 11.8 Å². The van der Waals surface area contributed by atoms with Crippen molar-refractivity contribution in [3.63, 3.8) is 0 Å². The van der Waals surface area contributed by atoms with Gasteiger partial charge in [0.2, 0.25) is 11.1 Å². The molecule has 3 rings (SSSR count). The quantitative estimate of drug-likeness (QED) is 0.823. The lowest BCUT2D eigenvalue weighted by Gasteiger charge is -2.11. The summed E-state index contributed by atoms with van der Waals surface area (Å²) in [6.07, 6.45) is 2.01. The fraction of sp³-hybridized carbons (Fsp3) is 0.438. The third kappa shape index (κ3) is 3.92. The molecule has 0 bridgehead atoms. The van der Waals surface area contributed by atoms with Crippen molar-refractivity contribution in [2.45, 2.75) is 43.2 Å². The van der Waals surface area contributed by atoms with E-state index in [1.165, 1.54) is 11.8 Å². The summed E-state index contributed by atoms with van der Waals surface area (Å²) in [5, 5.41) is 10.3. The normalized spacial score (nSPS) is 18.8. The highest BCUT2D eigenvalue weighted by Gasteiger charge is 2.23. The Labute approximate surface area is 139 Å². The van der Waals surface area contributed by atoms with Crippen molar-refractivity contribution in [2.75, 3.05) is 11.9 Å². The van der Waals surface area contributed by atoms with Gasteiger partial charge in [0.05, 0.1) is 5.25 Å². The number of thioether (sulfide) groups is 1. The highest BCUT2D eigenvalue weighted by Crippen LogP contribution is 2.28. The molecule has 6 nitrogen and oxygen atoms in total. The lowest BCUT2D eigenvalue weighted by Crippen LogP contribution is -2.22. The number of ether oxygens (including phenoxy) is 1. The van der Waals surface area contributed by atoms with Gasteiger partial charge in [-0.15, -0.1) is 5.10 Å².